The van der Waals surface area contributed by atoms with Gasteiger partial charge in [-0.3, -0.25) is 19.2 Å². The zero-order valence-electron chi connectivity index (χ0n) is 19.2. The average molecular weight is 501 g/mol. The summed E-state index contributed by atoms with van der Waals surface area (Å²) in [5, 5.41) is 25.6. The molecule has 1 aromatic heterocycles. The molecule has 0 aliphatic heterocycles. The SMILES string of the molecule is CSCCC(NC(=O)C(NC(=O)C(Cc1cnc[nH]1)NC(=O)C(N)CC(=O)O)C(C)C)C(=O)O. The number of carbonyl (C=O) groups is 5. The molecule has 13 nitrogen and oxygen atoms in total. The predicted molar refractivity (Wildman–Crippen MR) is 124 cm³/mol. The minimum atomic E-state index is -1.38. The van der Waals surface area contributed by atoms with Gasteiger partial charge in [-0.25, -0.2) is 9.78 Å². The quantitative estimate of drug-likeness (QED) is 0.151. The van der Waals surface area contributed by atoms with Gasteiger partial charge in [-0.05, 0) is 24.3 Å². The van der Waals surface area contributed by atoms with E-state index in [0.717, 1.165) is 0 Å². The molecule has 1 heterocycles. The fourth-order valence-electron chi connectivity index (χ4n) is 2.93. The molecule has 0 saturated carbocycles. The van der Waals surface area contributed by atoms with Gasteiger partial charge in [0.2, 0.25) is 17.7 Å². The number of H-pyrrole nitrogens is 1. The van der Waals surface area contributed by atoms with E-state index in [2.05, 4.69) is 25.9 Å². The minimum absolute atomic E-state index is 0.0325. The summed E-state index contributed by atoms with van der Waals surface area (Å²) in [6.45, 7) is 3.35. The van der Waals surface area contributed by atoms with Crippen LogP contribution >= 0.6 is 11.8 Å². The van der Waals surface area contributed by atoms with Gasteiger partial charge in [0.15, 0.2) is 0 Å². The van der Waals surface area contributed by atoms with E-state index in [1.54, 1.807) is 13.8 Å². The molecule has 0 bridgehead atoms. The second-order valence-corrected chi connectivity index (χ2v) is 8.94. The maximum atomic E-state index is 13.0. The number of hydrogen-bond acceptors (Lipinski definition) is 8. The van der Waals surface area contributed by atoms with E-state index in [0.29, 0.717) is 11.4 Å². The highest BCUT2D eigenvalue weighted by molar-refractivity contribution is 7.98. The van der Waals surface area contributed by atoms with Crippen molar-refractivity contribution in [2.24, 2.45) is 11.7 Å². The number of nitrogens with zero attached hydrogens (tertiary/aromatic N) is 1. The first kappa shape index (κ1) is 28.9. The standard InChI is InChI=1S/C20H32N6O7S/c1-10(2)16(19(31)24-13(20(32)33)4-5-34-3)26-18(30)14(6-11-8-22-9-23-11)25-17(29)12(21)7-15(27)28/h8-10,12-14,16H,4-7,21H2,1-3H3,(H,22,23)(H,24,31)(H,25,29)(H,26,30)(H,27,28)(H,32,33). The number of imidazole rings is 1. The van der Waals surface area contributed by atoms with Crippen molar-refractivity contribution >= 4 is 41.4 Å². The Labute approximate surface area is 201 Å². The zero-order chi connectivity index (χ0) is 25.8. The van der Waals surface area contributed by atoms with Crippen LogP contribution in [0.25, 0.3) is 0 Å². The van der Waals surface area contributed by atoms with Crippen LogP contribution in [-0.2, 0) is 30.4 Å². The maximum absolute atomic E-state index is 13.0. The normalized spacial score (nSPS) is 14.5. The zero-order valence-corrected chi connectivity index (χ0v) is 20.1. The van der Waals surface area contributed by atoms with Gasteiger partial charge < -0.3 is 36.9 Å². The molecule has 0 aromatic carbocycles. The van der Waals surface area contributed by atoms with E-state index in [9.17, 15) is 29.1 Å². The molecule has 0 spiro atoms. The third-order valence-electron chi connectivity index (χ3n) is 4.82. The first-order valence-electron chi connectivity index (χ1n) is 10.5. The Bertz CT molecular complexity index is 848. The molecule has 0 aliphatic rings. The molecule has 0 radical (unpaired) electrons. The topological polar surface area (TPSA) is 217 Å². The molecule has 0 aliphatic carbocycles. The van der Waals surface area contributed by atoms with Crippen molar-refractivity contribution in [3.63, 3.8) is 0 Å². The van der Waals surface area contributed by atoms with E-state index in [4.69, 9.17) is 10.8 Å². The summed E-state index contributed by atoms with van der Waals surface area (Å²) in [6, 6.07) is -4.79. The molecule has 8 N–H and O–H groups in total. The molecule has 1 rings (SSSR count). The van der Waals surface area contributed by atoms with Crippen molar-refractivity contribution < 1.29 is 34.2 Å². The molecule has 0 saturated heterocycles. The number of aromatic amines is 1. The highest BCUT2D eigenvalue weighted by Gasteiger charge is 2.32. The van der Waals surface area contributed by atoms with Crippen LogP contribution in [-0.4, -0.2) is 86.0 Å². The molecule has 190 valence electrons. The molecule has 34 heavy (non-hydrogen) atoms. The Kier molecular flexibility index (Phi) is 12.1. The Morgan fingerprint density at radius 1 is 1.06 bits per heavy atom. The van der Waals surface area contributed by atoms with Crippen molar-refractivity contribution in [3.05, 3.63) is 18.2 Å². The number of rotatable bonds is 15. The van der Waals surface area contributed by atoms with Gasteiger partial charge in [-0.15, -0.1) is 0 Å². The first-order valence-corrected chi connectivity index (χ1v) is 11.9. The Hall–Kier alpha value is -3.13. The summed E-state index contributed by atoms with van der Waals surface area (Å²) < 4.78 is 0. The van der Waals surface area contributed by atoms with Gasteiger partial charge in [0, 0.05) is 18.3 Å². The largest absolute Gasteiger partial charge is 0.481 e. The highest BCUT2D eigenvalue weighted by atomic mass is 32.2. The smallest absolute Gasteiger partial charge is 0.326 e. The van der Waals surface area contributed by atoms with E-state index in [-0.39, 0.29) is 12.8 Å². The van der Waals surface area contributed by atoms with Crippen molar-refractivity contribution in [2.75, 3.05) is 12.0 Å². The summed E-state index contributed by atoms with van der Waals surface area (Å²) in [4.78, 5) is 67.2. The van der Waals surface area contributed by atoms with Crippen LogP contribution in [0.3, 0.4) is 0 Å². The molecule has 4 atom stereocenters. The Morgan fingerprint density at radius 3 is 2.21 bits per heavy atom. The average Bonchev–Trinajstić information content (AvgIpc) is 3.26. The van der Waals surface area contributed by atoms with Crippen LogP contribution in [0, 0.1) is 5.92 Å². The van der Waals surface area contributed by atoms with E-state index in [1.807, 2.05) is 6.26 Å². The van der Waals surface area contributed by atoms with Crippen LogP contribution in [0.4, 0.5) is 0 Å². The third kappa shape index (κ3) is 9.79. The fourth-order valence-corrected chi connectivity index (χ4v) is 3.40. The van der Waals surface area contributed by atoms with Gasteiger partial charge in [0.1, 0.15) is 18.1 Å². The molecule has 3 amide bonds. The third-order valence-corrected chi connectivity index (χ3v) is 5.46. The van der Waals surface area contributed by atoms with Crippen LogP contribution in [0.2, 0.25) is 0 Å². The number of carboxylic acid groups (broad SMARTS) is 2. The van der Waals surface area contributed by atoms with Crippen LogP contribution in [0.5, 0.6) is 0 Å². The molecule has 4 unspecified atom stereocenters. The van der Waals surface area contributed by atoms with E-state index >= 15 is 0 Å². The minimum Gasteiger partial charge on any atom is -0.481 e. The van der Waals surface area contributed by atoms with Gasteiger partial charge in [-0.1, -0.05) is 13.8 Å². The van der Waals surface area contributed by atoms with Crippen molar-refractivity contribution in [2.45, 2.75) is 57.3 Å². The lowest BCUT2D eigenvalue weighted by Gasteiger charge is -2.27. The van der Waals surface area contributed by atoms with Crippen molar-refractivity contribution in [3.8, 4) is 0 Å². The van der Waals surface area contributed by atoms with Gasteiger partial charge >= 0.3 is 11.9 Å². The number of hydrogen-bond donors (Lipinski definition) is 7. The second-order valence-electron chi connectivity index (χ2n) is 7.96. The number of carbonyl (C=O) groups excluding carboxylic acids is 3. The lowest BCUT2D eigenvalue weighted by atomic mass is 10.0. The Balaban J connectivity index is 2.99. The monoisotopic (exact) mass is 500 g/mol. The number of amides is 3. The molecule has 14 heteroatoms. The number of nitrogens with one attached hydrogen (secondary N) is 4. The van der Waals surface area contributed by atoms with Gasteiger partial charge in [-0.2, -0.15) is 11.8 Å². The lowest BCUT2D eigenvalue weighted by molar-refractivity contribution is -0.142. The number of aliphatic carboxylic acids is 2. The predicted octanol–water partition coefficient (Wildman–Crippen LogP) is -1.30. The maximum Gasteiger partial charge on any atom is 0.326 e. The van der Waals surface area contributed by atoms with E-state index < -0.39 is 66.2 Å². The van der Waals surface area contributed by atoms with Gasteiger partial charge in [0.25, 0.3) is 0 Å². The van der Waals surface area contributed by atoms with Crippen molar-refractivity contribution in [1.29, 1.82) is 0 Å². The molecular formula is C20H32N6O7S. The lowest BCUT2D eigenvalue weighted by Crippen LogP contribution is -2.59. The summed E-state index contributed by atoms with van der Waals surface area (Å²) in [5.74, 6) is -4.60. The summed E-state index contributed by atoms with van der Waals surface area (Å²) in [5.41, 5.74) is 6.10. The van der Waals surface area contributed by atoms with Crippen LogP contribution < -0.4 is 21.7 Å². The summed E-state index contributed by atoms with van der Waals surface area (Å²) in [7, 11) is 0. The fraction of sp³-hybridized carbons (Fsp3) is 0.600. The van der Waals surface area contributed by atoms with Gasteiger partial charge in [0.05, 0.1) is 18.8 Å². The highest BCUT2D eigenvalue weighted by Crippen LogP contribution is 2.08. The summed E-state index contributed by atoms with van der Waals surface area (Å²) >= 11 is 1.44. The van der Waals surface area contributed by atoms with E-state index in [1.165, 1.54) is 24.3 Å². The molecule has 0 fully saturated rings. The number of carboxylic acids is 2. The Morgan fingerprint density at radius 2 is 1.71 bits per heavy atom. The molecule has 1 aromatic rings. The van der Waals surface area contributed by atoms with Crippen LogP contribution in [0.15, 0.2) is 12.5 Å². The first-order chi connectivity index (χ1) is 16.0. The summed E-state index contributed by atoms with van der Waals surface area (Å²) in [6.07, 6.45) is 4.19. The van der Waals surface area contributed by atoms with Crippen LogP contribution in [0.1, 0.15) is 32.4 Å². The number of aromatic nitrogens is 2. The number of thioether (sulfide) groups is 1. The second kappa shape index (κ2) is 14.2. The number of nitrogens with two attached hydrogens (primary N) is 1. The molecular weight excluding hydrogens is 468 g/mol. The van der Waals surface area contributed by atoms with Crippen molar-refractivity contribution in [1.82, 2.24) is 25.9 Å².